The molecule has 0 unspecified atom stereocenters. The molecule has 6 nitrogen and oxygen atoms in total. The summed E-state index contributed by atoms with van der Waals surface area (Å²) in [5, 5.41) is 0. The molecule has 2 heterocycles. The minimum Gasteiger partial charge on any atom is -0.308 e. The standard InChI is InChI=1S/C11H14N6/c1-2-3-8-6-10(17-12)16-11(15-8)9-4-5-13-7-14-9/h4-7H,2-3,12H2,1H3,(H,15,16,17). The van der Waals surface area contributed by atoms with Crippen molar-refractivity contribution < 1.29 is 0 Å². The topological polar surface area (TPSA) is 89.6 Å². The van der Waals surface area contributed by atoms with Gasteiger partial charge in [0, 0.05) is 18.0 Å². The van der Waals surface area contributed by atoms with Gasteiger partial charge in [-0.3, -0.25) is 0 Å². The van der Waals surface area contributed by atoms with Crippen molar-refractivity contribution in [3.8, 4) is 11.5 Å². The summed E-state index contributed by atoms with van der Waals surface area (Å²) in [5.74, 6) is 6.54. The van der Waals surface area contributed by atoms with Crippen molar-refractivity contribution in [2.75, 3.05) is 5.43 Å². The molecule has 0 radical (unpaired) electrons. The summed E-state index contributed by atoms with van der Waals surface area (Å²) in [4.78, 5) is 16.7. The molecule has 6 heteroatoms. The number of nitrogen functional groups attached to an aromatic ring is 1. The molecule has 2 aromatic heterocycles. The first kappa shape index (κ1) is 11.4. The van der Waals surface area contributed by atoms with E-state index in [1.807, 2.05) is 6.07 Å². The summed E-state index contributed by atoms with van der Waals surface area (Å²) in [7, 11) is 0. The van der Waals surface area contributed by atoms with Crippen molar-refractivity contribution in [2.24, 2.45) is 5.84 Å². The van der Waals surface area contributed by atoms with Crippen molar-refractivity contribution in [3.05, 3.63) is 30.4 Å². The molecular formula is C11H14N6. The maximum absolute atomic E-state index is 5.39. The monoisotopic (exact) mass is 230 g/mol. The molecule has 17 heavy (non-hydrogen) atoms. The van der Waals surface area contributed by atoms with E-state index in [0.29, 0.717) is 17.3 Å². The van der Waals surface area contributed by atoms with Gasteiger partial charge in [0.15, 0.2) is 5.82 Å². The minimum absolute atomic E-state index is 0.561. The fourth-order valence-electron chi connectivity index (χ4n) is 1.49. The zero-order valence-electron chi connectivity index (χ0n) is 9.59. The highest BCUT2D eigenvalue weighted by atomic mass is 15.3. The van der Waals surface area contributed by atoms with Crippen molar-refractivity contribution in [1.29, 1.82) is 0 Å². The Hall–Kier alpha value is -2.08. The van der Waals surface area contributed by atoms with Crippen molar-refractivity contribution in [3.63, 3.8) is 0 Å². The molecule has 0 fully saturated rings. The zero-order chi connectivity index (χ0) is 12.1. The van der Waals surface area contributed by atoms with Crippen LogP contribution in [-0.2, 0) is 6.42 Å². The Kier molecular flexibility index (Phi) is 3.56. The van der Waals surface area contributed by atoms with Crippen LogP contribution in [0.2, 0.25) is 0 Å². The summed E-state index contributed by atoms with van der Waals surface area (Å²) in [5.41, 5.74) is 4.18. The predicted molar refractivity (Wildman–Crippen MR) is 64.9 cm³/mol. The zero-order valence-corrected chi connectivity index (χ0v) is 9.59. The lowest BCUT2D eigenvalue weighted by molar-refractivity contribution is 0.873. The first-order chi connectivity index (χ1) is 8.33. The fraction of sp³-hybridized carbons (Fsp3) is 0.273. The lowest BCUT2D eigenvalue weighted by Gasteiger charge is -2.06. The van der Waals surface area contributed by atoms with Crippen LogP contribution in [0.4, 0.5) is 5.82 Å². The average molecular weight is 230 g/mol. The molecule has 0 atom stereocenters. The SMILES string of the molecule is CCCc1cc(NN)nc(-c2ccncn2)n1. The molecule has 88 valence electrons. The second kappa shape index (κ2) is 5.31. The molecule has 0 spiro atoms. The smallest absolute Gasteiger partial charge is 0.180 e. The number of nitrogens with one attached hydrogen (secondary N) is 1. The third-order valence-electron chi connectivity index (χ3n) is 2.24. The van der Waals surface area contributed by atoms with Crippen LogP contribution in [0.15, 0.2) is 24.7 Å². The molecule has 2 aromatic rings. The quantitative estimate of drug-likeness (QED) is 0.605. The predicted octanol–water partition coefficient (Wildman–Crippen LogP) is 1.17. The normalized spacial score (nSPS) is 10.2. The largest absolute Gasteiger partial charge is 0.308 e. The summed E-state index contributed by atoms with van der Waals surface area (Å²) in [6, 6.07) is 3.61. The number of aryl methyl sites for hydroxylation is 1. The third kappa shape index (κ3) is 2.73. The first-order valence-electron chi connectivity index (χ1n) is 5.44. The molecular weight excluding hydrogens is 216 g/mol. The van der Waals surface area contributed by atoms with Crippen LogP contribution >= 0.6 is 0 Å². The molecule has 0 aliphatic carbocycles. The Morgan fingerprint density at radius 1 is 1.35 bits per heavy atom. The molecule has 0 saturated carbocycles. The highest BCUT2D eigenvalue weighted by molar-refractivity contribution is 5.52. The number of hydrazine groups is 1. The first-order valence-corrected chi connectivity index (χ1v) is 5.44. The Labute approximate surface area is 99.3 Å². The number of anilines is 1. The highest BCUT2D eigenvalue weighted by Gasteiger charge is 2.06. The second-order valence-electron chi connectivity index (χ2n) is 3.56. The van der Waals surface area contributed by atoms with Gasteiger partial charge in [0.05, 0.1) is 0 Å². The summed E-state index contributed by atoms with van der Waals surface area (Å²) in [6.45, 7) is 2.10. The minimum atomic E-state index is 0.561. The molecule has 0 aromatic carbocycles. The van der Waals surface area contributed by atoms with Crippen LogP contribution in [0.3, 0.4) is 0 Å². The summed E-state index contributed by atoms with van der Waals surface area (Å²) in [6.07, 6.45) is 5.04. The number of hydrogen-bond donors (Lipinski definition) is 2. The van der Waals surface area contributed by atoms with Crippen LogP contribution in [0, 0.1) is 0 Å². The Balaban J connectivity index is 2.43. The number of hydrogen-bond acceptors (Lipinski definition) is 6. The van der Waals surface area contributed by atoms with E-state index in [1.54, 1.807) is 12.3 Å². The van der Waals surface area contributed by atoms with E-state index in [1.165, 1.54) is 6.33 Å². The van der Waals surface area contributed by atoms with E-state index in [-0.39, 0.29) is 0 Å². The van der Waals surface area contributed by atoms with Gasteiger partial charge in [-0.1, -0.05) is 13.3 Å². The van der Waals surface area contributed by atoms with Crippen LogP contribution in [0.5, 0.6) is 0 Å². The Morgan fingerprint density at radius 2 is 2.24 bits per heavy atom. The van der Waals surface area contributed by atoms with Gasteiger partial charge in [-0.2, -0.15) is 0 Å². The van der Waals surface area contributed by atoms with Gasteiger partial charge >= 0.3 is 0 Å². The Bertz CT molecular complexity index is 485. The Morgan fingerprint density at radius 3 is 2.88 bits per heavy atom. The third-order valence-corrected chi connectivity index (χ3v) is 2.24. The van der Waals surface area contributed by atoms with Gasteiger partial charge in [-0.15, -0.1) is 0 Å². The van der Waals surface area contributed by atoms with Gasteiger partial charge in [0.1, 0.15) is 17.8 Å². The van der Waals surface area contributed by atoms with Crippen LogP contribution in [0.25, 0.3) is 11.5 Å². The summed E-state index contributed by atoms with van der Waals surface area (Å²) < 4.78 is 0. The van der Waals surface area contributed by atoms with Gasteiger partial charge in [0.2, 0.25) is 0 Å². The molecule has 0 saturated heterocycles. The molecule has 0 bridgehead atoms. The van der Waals surface area contributed by atoms with Gasteiger partial charge in [-0.25, -0.2) is 25.8 Å². The fourth-order valence-corrected chi connectivity index (χ4v) is 1.49. The molecule has 0 amide bonds. The van der Waals surface area contributed by atoms with E-state index >= 15 is 0 Å². The lowest BCUT2D eigenvalue weighted by atomic mass is 10.2. The van der Waals surface area contributed by atoms with E-state index < -0.39 is 0 Å². The maximum Gasteiger partial charge on any atom is 0.180 e. The number of nitrogens with zero attached hydrogens (tertiary/aromatic N) is 4. The maximum atomic E-state index is 5.39. The van der Waals surface area contributed by atoms with Crippen LogP contribution in [-0.4, -0.2) is 19.9 Å². The number of rotatable bonds is 4. The average Bonchev–Trinajstić information content (AvgIpc) is 2.40. The van der Waals surface area contributed by atoms with Gasteiger partial charge in [0.25, 0.3) is 0 Å². The van der Waals surface area contributed by atoms with E-state index in [0.717, 1.165) is 18.5 Å². The molecule has 3 N–H and O–H groups in total. The molecule has 0 aliphatic heterocycles. The van der Waals surface area contributed by atoms with E-state index in [9.17, 15) is 0 Å². The van der Waals surface area contributed by atoms with E-state index in [4.69, 9.17) is 5.84 Å². The van der Waals surface area contributed by atoms with Crippen molar-refractivity contribution in [1.82, 2.24) is 19.9 Å². The second-order valence-corrected chi connectivity index (χ2v) is 3.56. The molecule has 2 rings (SSSR count). The van der Waals surface area contributed by atoms with Crippen LogP contribution < -0.4 is 11.3 Å². The van der Waals surface area contributed by atoms with Crippen LogP contribution in [0.1, 0.15) is 19.0 Å². The van der Waals surface area contributed by atoms with Crippen molar-refractivity contribution in [2.45, 2.75) is 19.8 Å². The highest BCUT2D eigenvalue weighted by Crippen LogP contribution is 2.15. The number of aromatic nitrogens is 4. The van der Waals surface area contributed by atoms with Gasteiger partial charge in [-0.05, 0) is 12.5 Å². The van der Waals surface area contributed by atoms with Gasteiger partial charge < -0.3 is 5.43 Å². The summed E-state index contributed by atoms with van der Waals surface area (Å²) >= 11 is 0. The lowest BCUT2D eigenvalue weighted by Crippen LogP contribution is -2.10. The molecule has 0 aliphatic rings. The number of nitrogens with two attached hydrogens (primary N) is 1. The van der Waals surface area contributed by atoms with E-state index in [2.05, 4.69) is 32.3 Å². The van der Waals surface area contributed by atoms with Crippen molar-refractivity contribution >= 4 is 5.82 Å².